The number of methoxy groups -OCH3 is 1. The van der Waals surface area contributed by atoms with Gasteiger partial charge in [-0.3, -0.25) is 10.1 Å². The minimum atomic E-state index is -0.477. The molecule has 0 unspecified atom stereocenters. The lowest BCUT2D eigenvalue weighted by atomic mass is 10.1. The maximum atomic E-state index is 11.3. The molecule has 1 heterocycles. The van der Waals surface area contributed by atoms with Gasteiger partial charge in [-0.15, -0.1) is 0 Å². The molecule has 1 aliphatic carbocycles. The normalized spacial score (nSPS) is 15.4. The van der Waals surface area contributed by atoms with Crippen molar-refractivity contribution in [2.45, 2.75) is 52.0 Å². The number of hydrogen-bond donors (Lipinski definition) is 1. The van der Waals surface area contributed by atoms with E-state index in [-0.39, 0.29) is 23.4 Å². The molecule has 0 aromatic carbocycles. The number of aromatic nitrogens is 2. The van der Waals surface area contributed by atoms with Gasteiger partial charge >= 0.3 is 5.69 Å². The van der Waals surface area contributed by atoms with Gasteiger partial charge in [-0.2, -0.15) is 4.98 Å². The topological polar surface area (TPSA) is 90.2 Å². The summed E-state index contributed by atoms with van der Waals surface area (Å²) >= 11 is 0. The van der Waals surface area contributed by atoms with Crippen LogP contribution in [0, 0.1) is 16.0 Å². The largest absolute Gasteiger partial charge is 0.476 e. The minimum absolute atomic E-state index is 0.0335. The Morgan fingerprint density at radius 2 is 2.05 bits per heavy atom. The smallest absolute Gasteiger partial charge is 0.372 e. The Balaban J connectivity index is 2.38. The van der Waals surface area contributed by atoms with E-state index in [4.69, 9.17) is 4.74 Å². The van der Waals surface area contributed by atoms with Gasteiger partial charge in [0.05, 0.1) is 12.0 Å². The summed E-state index contributed by atoms with van der Waals surface area (Å²) in [6.07, 6.45) is 4.98. The summed E-state index contributed by atoms with van der Waals surface area (Å²) in [4.78, 5) is 19.4. The zero-order valence-corrected chi connectivity index (χ0v) is 12.8. The molecule has 1 N–H and O–H groups in total. The second kappa shape index (κ2) is 6.69. The molecule has 2 rings (SSSR count). The molecule has 0 radical (unpaired) electrons. The summed E-state index contributed by atoms with van der Waals surface area (Å²) in [5, 5.41) is 14.5. The minimum Gasteiger partial charge on any atom is -0.476 e. The van der Waals surface area contributed by atoms with Gasteiger partial charge in [0.25, 0.3) is 5.88 Å². The second-order valence-corrected chi connectivity index (χ2v) is 5.83. The summed E-state index contributed by atoms with van der Waals surface area (Å²) in [6.45, 7) is 4.11. The van der Waals surface area contributed by atoms with Crippen molar-refractivity contribution in [3.05, 3.63) is 15.9 Å². The molecule has 1 aromatic heterocycles. The highest BCUT2D eigenvalue weighted by atomic mass is 16.6. The van der Waals surface area contributed by atoms with Crippen molar-refractivity contribution in [2.75, 3.05) is 12.4 Å². The van der Waals surface area contributed by atoms with Crippen molar-refractivity contribution in [1.29, 1.82) is 0 Å². The molecule has 0 amide bonds. The van der Waals surface area contributed by atoms with Gasteiger partial charge in [-0.25, -0.2) is 4.98 Å². The van der Waals surface area contributed by atoms with Gasteiger partial charge in [0.15, 0.2) is 0 Å². The number of ether oxygens (including phenoxy) is 1. The third kappa shape index (κ3) is 3.80. The summed E-state index contributed by atoms with van der Waals surface area (Å²) in [5.41, 5.74) is -0.170. The molecule has 1 aliphatic rings. The van der Waals surface area contributed by atoms with E-state index in [1.807, 2.05) is 0 Å². The van der Waals surface area contributed by atoms with Crippen LogP contribution in [-0.2, 0) is 6.42 Å². The average molecular weight is 294 g/mol. The fourth-order valence-electron chi connectivity index (χ4n) is 2.61. The Hall–Kier alpha value is -1.92. The lowest BCUT2D eigenvalue weighted by molar-refractivity contribution is -0.385. The lowest BCUT2D eigenvalue weighted by Crippen LogP contribution is -2.18. The van der Waals surface area contributed by atoms with Gasteiger partial charge in [0.1, 0.15) is 5.82 Å². The van der Waals surface area contributed by atoms with E-state index >= 15 is 0 Å². The van der Waals surface area contributed by atoms with Crippen molar-refractivity contribution in [3.8, 4) is 5.88 Å². The van der Waals surface area contributed by atoms with Crippen molar-refractivity contribution >= 4 is 11.5 Å². The Bertz CT molecular complexity index is 513. The van der Waals surface area contributed by atoms with E-state index in [2.05, 4.69) is 29.1 Å². The predicted octanol–water partition coefficient (Wildman–Crippen LogP) is 2.95. The Morgan fingerprint density at radius 3 is 2.57 bits per heavy atom. The first kappa shape index (κ1) is 15.5. The highest BCUT2D eigenvalue weighted by Gasteiger charge is 2.28. The average Bonchev–Trinajstić information content (AvgIpc) is 2.89. The lowest BCUT2D eigenvalue weighted by Gasteiger charge is -2.15. The standard InChI is InChI=1S/C14H22N4O3/c1-9(2)8-11-16-13(15-10-6-4-5-7-10)12(18(19)20)14(17-11)21-3/h9-10H,4-8H2,1-3H3,(H,15,16,17). The molecule has 0 spiro atoms. The number of hydrogen-bond acceptors (Lipinski definition) is 6. The second-order valence-electron chi connectivity index (χ2n) is 5.83. The van der Waals surface area contributed by atoms with Crippen LogP contribution in [0.1, 0.15) is 45.4 Å². The Kier molecular flexibility index (Phi) is 4.93. The molecule has 116 valence electrons. The van der Waals surface area contributed by atoms with Crippen LogP contribution in [0.3, 0.4) is 0 Å². The monoisotopic (exact) mass is 294 g/mol. The first-order chi connectivity index (χ1) is 10.0. The number of rotatable bonds is 6. The number of nitro groups is 1. The molecule has 21 heavy (non-hydrogen) atoms. The van der Waals surface area contributed by atoms with Crippen molar-refractivity contribution in [2.24, 2.45) is 5.92 Å². The maximum absolute atomic E-state index is 11.3. The molecule has 1 saturated carbocycles. The third-order valence-corrected chi connectivity index (χ3v) is 3.56. The van der Waals surface area contributed by atoms with E-state index in [0.29, 0.717) is 18.2 Å². The molecule has 0 saturated heterocycles. The molecule has 0 aliphatic heterocycles. The highest BCUT2D eigenvalue weighted by Crippen LogP contribution is 2.34. The van der Waals surface area contributed by atoms with Gasteiger partial charge < -0.3 is 10.1 Å². The van der Waals surface area contributed by atoms with E-state index in [1.54, 1.807) is 0 Å². The van der Waals surface area contributed by atoms with E-state index in [9.17, 15) is 10.1 Å². The zero-order chi connectivity index (χ0) is 15.4. The van der Waals surface area contributed by atoms with E-state index in [1.165, 1.54) is 7.11 Å². The summed E-state index contributed by atoms with van der Waals surface area (Å²) in [7, 11) is 1.40. The van der Waals surface area contributed by atoms with Crippen molar-refractivity contribution < 1.29 is 9.66 Å². The molecular weight excluding hydrogens is 272 g/mol. The first-order valence-corrected chi connectivity index (χ1v) is 7.37. The molecule has 7 nitrogen and oxygen atoms in total. The summed E-state index contributed by atoms with van der Waals surface area (Å²) < 4.78 is 5.10. The maximum Gasteiger partial charge on any atom is 0.372 e. The molecule has 1 fully saturated rings. The molecule has 0 bridgehead atoms. The summed E-state index contributed by atoms with van der Waals surface area (Å²) in [6, 6.07) is 0.246. The Morgan fingerprint density at radius 1 is 1.38 bits per heavy atom. The quantitative estimate of drug-likeness (QED) is 0.640. The molecule has 0 atom stereocenters. The Labute approximate surface area is 124 Å². The molecule has 7 heteroatoms. The third-order valence-electron chi connectivity index (χ3n) is 3.56. The van der Waals surface area contributed by atoms with Crippen LogP contribution in [0.4, 0.5) is 11.5 Å². The van der Waals surface area contributed by atoms with Crippen molar-refractivity contribution in [3.63, 3.8) is 0 Å². The van der Waals surface area contributed by atoms with Crippen LogP contribution in [0.15, 0.2) is 0 Å². The van der Waals surface area contributed by atoms with E-state index < -0.39 is 4.92 Å². The first-order valence-electron chi connectivity index (χ1n) is 7.37. The molecular formula is C14H22N4O3. The number of nitrogens with zero attached hydrogens (tertiary/aromatic N) is 3. The van der Waals surface area contributed by atoms with Crippen LogP contribution in [0.25, 0.3) is 0 Å². The van der Waals surface area contributed by atoms with Crippen LogP contribution in [0.5, 0.6) is 5.88 Å². The SMILES string of the molecule is COc1nc(CC(C)C)nc(NC2CCCC2)c1[N+](=O)[O-]. The number of anilines is 1. The highest BCUT2D eigenvalue weighted by molar-refractivity contribution is 5.62. The zero-order valence-electron chi connectivity index (χ0n) is 12.8. The van der Waals surface area contributed by atoms with Gasteiger partial charge in [-0.1, -0.05) is 26.7 Å². The fraction of sp³-hybridized carbons (Fsp3) is 0.714. The summed E-state index contributed by atoms with van der Waals surface area (Å²) in [5.74, 6) is 1.27. The van der Waals surface area contributed by atoms with Crippen LogP contribution in [0.2, 0.25) is 0 Å². The van der Waals surface area contributed by atoms with Crippen LogP contribution < -0.4 is 10.1 Å². The predicted molar refractivity (Wildman–Crippen MR) is 79.7 cm³/mol. The number of nitrogens with one attached hydrogen (secondary N) is 1. The van der Waals surface area contributed by atoms with Crippen molar-refractivity contribution in [1.82, 2.24) is 9.97 Å². The van der Waals surface area contributed by atoms with Crippen LogP contribution in [-0.4, -0.2) is 28.0 Å². The van der Waals surface area contributed by atoms with Gasteiger partial charge in [0, 0.05) is 12.5 Å². The van der Waals surface area contributed by atoms with E-state index in [0.717, 1.165) is 25.7 Å². The van der Waals surface area contributed by atoms with Gasteiger partial charge in [-0.05, 0) is 18.8 Å². The fourth-order valence-corrected chi connectivity index (χ4v) is 2.61. The molecule has 1 aromatic rings. The van der Waals surface area contributed by atoms with Crippen LogP contribution >= 0.6 is 0 Å². The van der Waals surface area contributed by atoms with Gasteiger partial charge in [0.2, 0.25) is 5.82 Å².